The highest BCUT2D eigenvalue weighted by Crippen LogP contribution is 2.29. The molecule has 6 nitrogen and oxygen atoms in total. The van der Waals surface area contributed by atoms with Gasteiger partial charge >= 0.3 is 6.03 Å². The third-order valence-electron chi connectivity index (χ3n) is 6.47. The van der Waals surface area contributed by atoms with Crippen LogP contribution in [0.1, 0.15) is 58.8 Å². The average molecular weight is 351 g/mol. The molecule has 0 unspecified atom stereocenters. The van der Waals surface area contributed by atoms with E-state index in [0.717, 1.165) is 45.3 Å². The molecule has 3 fully saturated rings. The van der Waals surface area contributed by atoms with Gasteiger partial charge in [0.25, 0.3) is 0 Å². The second-order valence-corrected chi connectivity index (χ2v) is 8.13. The summed E-state index contributed by atoms with van der Waals surface area (Å²) in [4.78, 5) is 29.4. The van der Waals surface area contributed by atoms with Gasteiger partial charge in [-0.3, -0.25) is 15.0 Å². The fourth-order valence-corrected chi connectivity index (χ4v) is 4.85. The molecule has 2 saturated heterocycles. The highest BCUT2D eigenvalue weighted by atomic mass is 16.2. The lowest BCUT2D eigenvalue weighted by Crippen LogP contribution is -2.51. The van der Waals surface area contributed by atoms with Crippen LogP contribution in [0.3, 0.4) is 0 Å². The predicted octanol–water partition coefficient (Wildman–Crippen LogP) is 1.95. The summed E-state index contributed by atoms with van der Waals surface area (Å²) in [6.07, 6.45) is 8.06. The maximum atomic E-state index is 12.4. The van der Waals surface area contributed by atoms with Gasteiger partial charge in [-0.25, -0.2) is 4.79 Å². The van der Waals surface area contributed by atoms with E-state index in [9.17, 15) is 9.59 Å². The number of hydrogen-bond acceptors (Lipinski definition) is 4. The lowest BCUT2D eigenvalue weighted by atomic mass is 9.86. The van der Waals surface area contributed by atoms with Crippen molar-refractivity contribution in [3.63, 3.8) is 0 Å². The molecule has 3 rings (SSSR count). The SMILES string of the molecule is CCN1CC[C@H]2CC[C@@H](C1)N2CC(=O)NC(=O)N[C@H]1CCCC[C@@H]1C. The van der Waals surface area contributed by atoms with Crippen molar-refractivity contribution in [1.82, 2.24) is 20.4 Å². The van der Waals surface area contributed by atoms with Crippen LogP contribution in [0.4, 0.5) is 4.79 Å². The van der Waals surface area contributed by atoms with Crippen LogP contribution in [0.15, 0.2) is 0 Å². The Balaban J connectivity index is 1.48. The van der Waals surface area contributed by atoms with E-state index < -0.39 is 0 Å². The van der Waals surface area contributed by atoms with Gasteiger partial charge in [-0.2, -0.15) is 0 Å². The van der Waals surface area contributed by atoms with Gasteiger partial charge in [0.05, 0.1) is 6.54 Å². The minimum Gasteiger partial charge on any atom is -0.335 e. The largest absolute Gasteiger partial charge is 0.335 e. The second-order valence-electron chi connectivity index (χ2n) is 8.13. The standard InChI is InChI=1S/C19H34N4O2/c1-3-22-11-10-15-8-9-16(12-22)23(15)13-18(24)21-19(25)20-17-7-5-4-6-14(17)2/h14-17H,3-13H2,1-2H3,(H2,20,21,24,25)/t14-,15+,16-,17-/m0/s1. The molecule has 2 N–H and O–H groups in total. The van der Waals surface area contributed by atoms with Crippen LogP contribution < -0.4 is 10.6 Å². The Hall–Kier alpha value is -1.14. The minimum absolute atomic E-state index is 0.164. The molecule has 0 aromatic carbocycles. The zero-order valence-corrected chi connectivity index (χ0v) is 15.8. The fourth-order valence-electron chi connectivity index (χ4n) is 4.85. The first-order valence-corrected chi connectivity index (χ1v) is 10.1. The first-order valence-electron chi connectivity index (χ1n) is 10.1. The van der Waals surface area contributed by atoms with Crippen molar-refractivity contribution < 1.29 is 9.59 Å². The molecular formula is C19H34N4O2. The molecule has 0 aromatic rings. The van der Waals surface area contributed by atoms with E-state index in [1.54, 1.807) is 0 Å². The third kappa shape index (κ3) is 4.73. The molecule has 2 heterocycles. The van der Waals surface area contributed by atoms with Crippen LogP contribution in [0.2, 0.25) is 0 Å². The molecule has 142 valence electrons. The molecule has 2 aliphatic heterocycles. The van der Waals surface area contributed by atoms with Gasteiger partial charge in [-0.15, -0.1) is 0 Å². The summed E-state index contributed by atoms with van der Waals surface area (Å²) in [5.41, 5.74) is 0. The summed E-state index contributed by atoms with van der Waals surface area (Å²) in [5.74, 6) is 0.332. The van der Waals surface area contributed by atoms with Crippen LogP contribution >= 0.6 is 0 Å². The molecule has 0 spiro atoms. The predicted molar refractivity (Wildman–Crippen MR) is 98.3 cm³/mol. The van der Waals surface area contributed by atoms with Gasteiger partial charge in [-0.05, 0) is 51.1 Å². The zero-order chi connectivity index (χ0) is 17.8. The van der Waals surface area contributed by atoms with Gasteiger partial charge < -0.3 is 10.2 Å². The number of carbonyl (C=O) groups is 2. The summed E-state index contributed by atoms with van der Waals surface area (Å²) >= 11 is 0. The number of rotatable bonds is 4. The first kappa shape index (κ1) is 18.6. The van der Waals surface area contributed by atoms with E-state index in [1.807, 2.05) is 0 Å². The molecule has 1 saturated carbocycles. The van der Waals surface area contributed by atoms with Gasteiger partial charge in [0.1, 0.15) is 0 Å². The Kier molecular flexibility index (Phi) is 6.34. The number of nitrogens with one attached hydrogen (secondary N) is 2. The average Bonchev–Trinajstić information content (AvgIpc) is 2.83. The number of nitrogens with zero attached hydrogens (tertiary/aromatic N) is 2. The number of fused-ring (bicyclic) bond motifs is 2. The Morgan fingerprint density at radius 3 is 2.56 bits per heavy atom. The van der Waals surface area contributed by atoms with Crippen molar-refractivity contribution in [2.45, 2.75) is 76.9 Å². The Morgan fingerprint density at radius 2 is 1.80 bits per heavy atom. The van der Waals surface area contributed by atoms with E-state index in [1.165, 1.54) is 19.3 Å². The lowest BCUT2D eigenvalue weighted by molar-refractivity contribution is -0.121. The highest BCUT2D eigenvalue weighted by molar-refractivity contribution is 5.95. The second kappa shape index (κ2) is 8.49. The number of likely N-dealkylation sites (N-methyl/N-ethyl adjacent to an activating group) is 1. The van der Waals surface area contributed by atoms with Crippen molar-refractivity contribution in [2.24, 2.45) is 5.92 Å². The monoisotopic (exact) mass is 350 g/mol. The topological polar surface area (TPSA) is 64.7 Å². The smallest absolute Gasteiger partial charge is 0.321 e. The summed E-state index contributed by atoms with van der Waals surface area (Å²) in [6, 6.07) is 0.837. The van der Waals surface area contributed by atoms with Crippen molar-refractivity contribution in [3.05, 3.63) is 0 Å². The van der Waals surface area contributed by atoms with Crippen molar-refractivity contribution in [3.8, 4) is 0 Å². The number of imide groups is 1. The molecule has 3 amide bonds. The first-order chi connectivity index (χ1) is 12.1. The number of hydrogen-bond donors (Lipinski definition) is 2. The quantitative estimate of drug-likeness (QED) is 0.813. The van der Waals surface area contributed by atoms with E-state index in [0.29, 0.717) is 24.5 Å². The number of likely N-dealkylation sites (tertiary alicyclic amines) is 1. The summed E-state index contributed by atoms with van der Waals surface area (Å²) < 4.78 is 0. The minimum atomic E-state index is -0.318. The third-order valence-corrected chi connectivity index (χ3v) is 6.47. The number of carbonyl (C=O) groups excluding carboxylic acids is 2. The maximum Gasteiger partial charge on any atom is 0.321 e. The van der Waals surface area contributed by atoms with Crippen molar-refractivity contribution in [1.29, 1.82) is 0 Å². The van der Waals surface area contributed by atoms with E-state index in [-0.39, 0.29) is 18.0 Å². The molecule has 0 radical (unpaired) electrons. The molecule has 25 heavy (non-hydrogen) atoms. The Morgan fingerprint density at radius 1 is 1.04 bits per heavy atom. The normalized spacial score (nSPS) is 33.7. The van der Waals surface area contributed by atoms with E-state index in [2.05, 4.69) is 34.3 Å². The summed E-state index contributed by atoms with van der Waals surface area (Å²) in [7, 11) is 0. The Labute approximate surface area is 151 Å². The van der Waals surface area contributed by atoms with E-state index >= 15 is 0 Å². The molecule has 4 atom stereocenters. The van der Waals surface area contributed by atoms with Crippen LogP contribution in [-0.2, 0) is 4.79 Å². The van der Waals surface area contributed by atoms with Crippen molar-refractivity contribution >= 4 is 11.9 Å². The molecule has 6 heteroatoms. The lowest BCUT2D eigenvalue weighted by Gasteiger charge is -2.30. The van der Waals surface area contributed by atoms with Gasteiger partial charge in [0.15, 0.2) is 0 Å². The van der Waals surface area contributed by atoms with E-state index in [4.69, 9.17) is 0 Å². The fraction of sp³-hybridized carbons (Fsp3) is 0.895. The zero-order valence-electron chi connectivity index (χ0n) is 15.8. The van der Waals surface area contributed by atoms with Gasteiger partial charge in [-0.1, -0.05) is 26.7 Å². The maximum absolute atomic E-state index is 12.4. The Bertz CT molecular complexity index is 484. The molecule has 0 aromatic heterocycles. The molecular weight excluding hydrogens is 316 g/mol. The highest BCUT2D eigenvalue weighted by Gasteiger charge is 2.37. The van der Waals surface area contributed by atoms with Crippen LogP contribution in [-0.4, -0.2) is 66.0 Å². The van der Waals surface area contributed by atoms with Gasteiger partial charge in [0.2, 0.25) is 5.91 Å². The van der Waals surface area contributed by atoms with Crippen LogP contribution in [0.25, 0.3) is 0 Å². The summed E-state index contributed by atoms with van der Waals surface area (Å²) in [5, 5.41) is 5.57. The summed E-state index contributed by atoms with van der Waals surface area (Å²) in [6.45, 7) is 7.97. The molecule has 3 aliphatic rings. The number of urea groups is 1. The van der Waals surface area contributed by atoms with Gasteiger partial charge in [0, 0.05) is 24.7 Å². The van der Waals surface area contributed by atoms with Crippen LogP contribution in [0, 0.1) is 5.92 Å². The van der Waals surface area contributed by atoms with Crippen molar-refractivity contribution in [2.75, 3.05) is 26.2 Å². The van der Waals surface area contributed by atoms with Crippen LogP contribution in [0.5, 0.6) is 0 Å². The molecule has 2 bridgehead atoms. The molecule has 1 aliphatic carbocycles. The number of amides is 3.